The number of hydrogen-bond acceptors (Lipinski definition) is 1. The van der Waals surface area contributed by atoms with E-state index in [2.05, 4.69) is 30.3 Å². The molecule has 0 fully saturated rings. The van der Waals surface area contributed by atoms with Crippen molar-refractivity contribution in [2.24, 2.45) is 0 Å². The van der Waals surface area contributed by atoms with Gasteiger partial charge < -0.3 is 4.42 Å². The molecule has 3 aromatic rings. The molecule has 0 radical (unpaired) electrons. The van der Waals surface area contributed by atoms with Crippen molar-refractivity contribution in [3.8, 4) is 0 Å². The molecule has 0 bridgehead atoms. The summed E-state index contributed by atoms with van der Waals surface area (Å²) in [4.78, 5) is 0. The molecule has 1 nitrogen and oxygen atoms in total. The molecule has 1 heterocycles. The summed E-state index contributed by atoms with van der Waals surface area (Å²) in [6.07, 6.45) is 0.718. The molecule has 0 spiro atoms. The second-order valence-electron chi connectivity index (χ2n) is 4.50. The van der Waals surface area contributed by atoms with Gasteiger partial charge in [-0.15, -0.1) is 11.6 Å². The number of fused-ring (bicyclic) bond motifs is 1. The van der Waals surface area contributed by atoms with Gasteiger partial charge in [0.25, 0.3) is 0 Å². The second-order valence-corrected chi connectivity index (χ2v) is 5.39. The third-order valence-electron chi connectivity index (χ3n) is 3.13. The van der Waals surface area contributed by atoms with Crippen LogP contribution in [0.25, 0.3) is 10.8 Å². The Balaban J connectivity index is 1.84. The zero-order valence-electron chi connectivity index (χ0n) is 10.1. The average molecular weight is 291 g/mol. The third kappa shape index (κ3) is 2.78. The van der Waals surface area contributed by atoms with E-state index in [9.17, 15) is 0 Å². The van der Waals surface area contributed by atoms with Gasteiger partial charge in [0.1, 0.15) is 5.76 Å². The van der Waals surface area contributed by atoms with Crippen molar-refractivity contribution in [1.29, 1.82) is 0 Å². The standard InChI is InChI=1S/C16H12Cl2O/c17-14(15-7-8-16(18)19-15)10-11-5-6-12-3-1-2-4-13(12)9-11/h1-9,14H,10H2. The van der Waals surface area contributed by atoms with Crippen LogP contribution in [0.15, 0.2) is 59.0 Å². The molecule has 0 aliphatic carbocycles. The Bertz CT molecular complexity index is 703. The quantitative estimate of drug-likeness (QED) is 0.572. The molecule has 2 aromatic carbocycles. The Morgan fingerprint density at radius 2 is 1.74 bits per heavy atom. The fourth-order valence-electron chi connectivity index (χ4n) is 2.17. The van der Waals surface area contributed by atoms with E-state index in [-0.39, 0.29) is 5.38 Å². The minimum Gasteiger partial charge on any atom is -0.448 e. The summed E-state index contributed by atoms with van der Waals surface area (Å²) in [7, 11) is 0. The van der Waals surface area contributed by atoms with E-state index in [4.69, 9.17) is 27.6 Å². The number of halogens is 2. The van der Waals surface area contributed by atoms with Gasteiger partial charge in [0, 0.05) is 0 Å². The highest BCUT2D eigenvalue weighted by Crippen LogP contribution is 2.29. The molecule has 1 atom stereocenters. The lowest BCUT2D eigenvalue weighted by Crippen LogP contribution is -1.94. The molecule has 0 saturated heterocycles. The summed E-state index contributed by atoms with van der Waals surface area (Å²) in [6, 6.07) is 18.2. The highest BCUT2D eigenvalue weighted by molar-refractivity contribution is 6.29. The van der Waals surface area contributed by atoms with Crippen LogP contribution in [-0.2, 0) is 6.42 Å². The molecular formula is C16H12Cl2O. The number of furan rings is 1. The van der Waals surface area contributed by atoms with Crippen LogP contribution < -0.4 is 0 Å². The molecule has 0 N–H and O–H groups in total. The maximum absolute atomic E-state index is 6.35. The first kappa shape index (κ1) is 12.6. The van der Waals surface area contributed by atoms with E-state index in [1.807, 2.05) is 18.2 Å². The lowest BCUT2D eigenvalue weighted by atomic mass is 10.0. The molecule has 1 aromatic heterocycles. The molecule has 3 rings (SSSR count). The number of rotatable bonds is 3. The van der Waals surface area contributed by atoms with E-state index < -0.39 is 0 Å². The largest absolute Gasteiger partial charge is 0.448 e. The molecule has 19 heavy (non-hydrogen) atoms. The normalized spacial score (nSPS) is 12.7. The van der Waals surface area contributed by atoms with E-state index in [0.717, 1.165) is 6.42 Å². The maximum atomic E-state index is 6.35. The van der Waals surface area contributed by atoms with Crippen molar-refractivity contribution in [3.63, 3.8) is 0 Å². The topological polar surface area (TPSA) is 13.1 Å². The van der Waals surface area contributed by atoms with Crippen LogP contribution >= 0.6 is 23.2 Å². The third-order valence-corrected chi connectivity index (χ3v) is 3.70. The highest BCUT2D eigenvalue weighted by Gasteiger charge is 2.13. The van der Waals surface area contributed by atoms with Gasteiger partial charge in [-0.05, 0) is 46.5 Å². The van der Waals surface area contributed by atoms with Gasteiger partial charge in [-0.3, -0.25) is 0 Å². The van der Waals surface area contributed by atoms with E-state index in [1.165, 1.54) is 16.3 Å². The maximum Gasteiger partial charge on any atom is 0.193 e. The van der Waals surface area contributed by atoms with Gasteiger partial charge >= 0.3 is 0 Å². The first-order valence-electron chi connectivity index (χ1n) is 6.09. The summed E-state index contributed by atoms with van der Waals surface area (Å²) >= 11 is 12.1. The van der Waals surface area contributed by atoms with Crippen molar-refractivity contribution in [2.75, 3.05) is 0 Å². The SMILES string of the molecule is Clc1ccc(C(Cl)Cc2ccc3ccccc3c2)o1. The minimum absolute atomic E-state index is 0.200. The van der Waals surface area contributed by atoms with Crippen molar-refractivity contribution in [2.45, 2.75) is 11.8 Å². The highest BCUT2D eigenvalue weighted by atomic mass is 35.5. The van der Waals surface area contributed by atoms with E-state index in [0.29, 0.717) is 11.0 Å². The van der Waals surface area contributed by atoms with E-state index >= 15 is 0 Å². The molecule has 96 valence electrons. The van der Waals surface area contributed by atoms with Crippen molar-refractivity contribution < 1.29 is 4.42 Å². The summed E-state index contributed by atoms with van der Waals surface area (Å²) in [5.74, 6) is 0.708. The van der Waals surface area contributed by atoms with Crippen molar-refractivity contribution >= 4 is 34.0 Å². The van der Waals surface area contributed by atoms with Crippen LogP contribution in [0.2, 0.25) is 5.22 Å². The summed E-state index contributed by atoms with van der Waals surface area (Å²) in [6.45, 7) is 0. The molecule has 0 aliphatic rings. The van der Waals surface area contributed by atoms with Gasteiger partial charge in [0.2, 0.25) is 0 Å². The predicted octanol–water partition coefficient (Wildman–Crippen LogP) is 5.61. The van der Waals surface area contributed by atoms with Gasteiger partial charge in [0.15, 0.2) is 5.22 Å². The molecule has 0 aliphatic heterocycles. The first-order valence-corrected chi connectivity index (χ1v) is 6.91. The summed E-state index contributed by atoms with van der Waals surface area (Å²) in [5, 5.41) is 2.63. The van der Waals surface area contributed by atoms with Crippen molar-refractivity contribution in [3.05, 3.63) is 71.1 Å². The van der Waals surface area contributed by atoms with Gasteiger partial charge in [-0.25, -0.2) is 0 Å². The molecule has 0 amide bonds. The van der Waals surface area contributed by atoms with Crippen LogP contribution in [-0.4, -0.2) is 0 Å². The average Bonchev–Trinajstić information content (AvgIpc) is 2.85. The molecule has 3 heteroatoms. The van der Waals surface area contributed by atoms with Crippen LogP contribution in [0.5, 0.6) is 0 Å². The van der Waals surface area contributed by atoms with Gasteiger partial charge in [-0.1, -0.05) is 42.5 Å². The van der Waals surface area contributed by atoms with Gasteiger partial charge in [0.05, 0.1) is 5.38 Å². The van der Waals surface area contributed by atoms with E-state index in [1.54, 1.807) is 6.07 Å². The van der Waals surface area contributed by atoms with Crippen LogP contribution in [0.1, 0.15) is 16.7 Å². The number of benzene rings is 2. The second kappa shape index (κ2) is 5.28. The van der Waals surface area contributed by atoms with Gasteiger partial charge in [-0.2, -0.15) is 0 Å². The lowest BCUT2D eigenvalue weighted by molar-refractivity contribution is 0.504. The monoisotopic (exact) mass is 290 g/mol. The molecule has 1 unspecified atom stereocenters. The van der Waals surface area contributed by atoms with Crippen LogP contribution in [0.3, 0.4) is 0 Å². The Labute approximate surface area is 121 Å². The fourth-order valence-corrected chi connectivity index (χ4v) is 2.62. The zero-order valence-corrected chi connectivity index (χ0v) is 11.7. The van der Waals surface area contributed by atoms with Crippen LogP contribution in [0.4, 0.5) is 0 Å². The smallest absolute Gasteiger partial charge is 0.193 e. The first-order chi connectivity index (χ1) is 9.22. The Hall–Kier alpha value is -1.44. The molecule has 0 saturated carbocycles. The van der Waals surface area contributed by atoms with Crippen LogP contribution in [0, 0.1) is 0 Å². The summed E-state index contributed by atoms with van der Waals surface area (Å²) in [5.41, 5.74) is 1.19. The Morgan fingerprint density at radius 1 is 0.947 bits per heavy atom. The predicted molar refractivity (Wildman–Crippen MR) is 80.0 cm³/mol. The molecular weight excluding hydrogens is 279 g/mol. The minimum atomic E-state index is -0.200. The summed E-state index contributed by atoms with van der Waals surface area (Å²) < 4.78 is 5.34. The van der Waals surface area contributed by atoms with Crippen molar-refractivity contribution in [1.82, 2.24) is 0 Å². The Morgan fingerprint density at radius 3 is 2.47 bits per heavy atom. The number of alkyl halides is 1. The fraction of sp³-hybridized carbons (Fsp3) is 0.125. The lowest BCUT2D eigenvalue weighted by Gasteiger charge is -2.07. The zero-order chi connectivity index (χ0) is 13.2. The number of hydrogen-bond donors (Lipinski definition) is 0. The Kier molecular flexibility index (Phi) is 3.50.